The molecule has 0 fully saturated rings. The molecule has 7 heteroatoms. The summed E-state index contributed by atoms with van der Waals surface area (Å²) in [7, 11) is 0. The summed E-state index contributed by atoms with van der Waals surface area (Å²) in [6.45, 7) is 0.218. The highest BCUT2D eigenvalue weighted by Crippen LogP contribution is 2.48. The Balaban J connectivity index is 1.29. The van der Waals surface area contributed by atoms with Crippen LogP contribution in [-0.2, 0) is 6.61 Å². The third-order valence-corrected chi connectivity index (χ3v) is 6.46. The molecule has 6 aromatic rings. The zero-order chi connectivity index (χ0) is 24.1. The summed E-state index contributed by atoms with van der Waals surface area (Å²) in [6, 6.07) is 29.5. The molecule has 0 saturated carbocycles. The molecule has 0 unspecified atom stereocenters. The fraction of sp³-hybridized carbons (Fsp3) is 0.0690. The second-order valence-electron chi connectivity index (χ2n) is 8.73. The van der Waals surface area contributed by atoms with Gasteiger partial charge in [0.25, 0.3) is 0 Å². The number of nitrogens with zero attached hydrogens (tertiary/aromatic N) is 4. The van der Waals surface area contributed by atoms with Gasteiger partial charge in [-0.25, -0.2) is 14.5 Å². The molecule has 1 N–H and O–H groups in total. The first-order chi connectivity index (χ1) is 17.7. The topological polar surface area (TPSA) is 81.8 Å². The largest absolute Gasteiger partial charge is 0.508 e. The van der Waals surface area contributed by atoms with Crippen LogP contribution >= 0.6 is 0 Å². The number of hydrogen-bond acceptors (Lipinski definition) is 6. The molecule has 1 aliphatic rings. The van der Waals surface area contributed by atoms with Crippen molar-refractivity contribution in [3.8, 4) is 23.1 Å². The van der Waals surface area contributed by atoms with Gasteiger partial charge in [0.2, 0.25) is 5.88 Å². The minimum absolute atomic E-state index is 0.140. The third kappa shape index (κ3) is 3.41. The Labute approximate surface area is 206 Å². The van der Waals surface area contributed by atoms with Gasteiger partial charge in [0.05, 0.1) is 5.56 Å². The number of fused-ring (bicyclic) bond motifs is 5. The Morgan fingerprint density at radius 3 is 2.61 bits per heavy atom. The molecule has 7 nitrogen and oxygen atoms in total. The van der Waals surface area contributed by atoms with E-state index in [0.717, 1.165) is 33.2 Å². The quantitative estimate of drug-likeness (QED) is 0.346. The molecule has 0 amide bonds. The van der Waals surface area contributed by atoms with Gasteiger partial charge in [-0.3, -0.25) is 0 Å². The molecule has 0 aliphatic carbocycles. The van der Waals surface area contributed by atoms with Gasteiger partial charge in [-0.15, -0.1) is 5.10 Å². The first kappa shape index (κ1) is 20.5. The van der Waals surface area contributed by atoms with Crippen LogP contribution in [0.5, 0.6) is 23.1 Å². The number of ether oxygens (including phenoxy) is 2. The number of aromatic nitrogens is 4. The van der Waals surface area contributed by atoms with E-state index in [2.05, 4.69) is 34.3 Å². The molecule has 7 rings (SSSR count). The molecule has 1 atom stereocenters. The monoisotopic (exact) mass is 472 g/mol. The number of phenolic OH excluding ortho intramolecular Hbond substituents is 1. The van der Waals surface area contributed by atoms with Crippen molar-refractivity contribution in [3.05, 3.63) is 120 Å². The maximum absolute atomic E-state index is 10.0. The van der Waals surface area contributed by atoms with E-state index in [1.165, 1.54) is 0 Å². The highest BCUT2D eigenvalue weighted by Gasteiger charge is 2.33. The standard InChI is InChI=1S/C29H20N4O3/c34-21-11-13-23-24(15-21)36-29-27(26(23)19-7-2-1-3-8-19)28-31-25(32-33(28)17-30-29)16-35-22-12-10-18-6-4-5-9-20(18)14-22/h1-15,17,26,34H,16H2/t26-/m0/s1. The fourth-order valence-electron chi connectivity index (χ4n) is 4.81. The van der Waals surface area contributed by atoms with E-state index in [4.69, 9.17) is 14.5 Å². The van der Waals surface area contributed by atoms with Crippen LogP contribution in [0.15, 0.2) is 97.3 Å². The van der Waals surface area contributed by atoms with Crippen LogP contribution in [0.3, 0.4) is 0 Å². The average molecular weight is 473 g/mol. The van der Waals surface area contributed by atoms with Gasteiger partial charge in [0.15, 0.2) is 11.5 Å². The van der Waals surface area contributed by atoms with Crippen LogP contribution in [0, 0.1) is 0 Å². The van der Waals surface area contributed by atoms with E-state index in [1.807, 2.05) is 54.6 Å². The first-order valence-electron chi connectivity index (χ1n) is 11.6. The Morgan fingerprint density at radius 1 is 0.889 bits per heavy atom. The van der Waals surface area contributed by atoms with Crippen LogP contribution in [0.1, 0.15) is 28.4 Å². The highest BCUT2D eigenvalue weighted by atomic mass is 16.5. The second kappa shape index (κ2) is 8.09. The molecule has 3 heterocycles. The van der Waals surface area contributed by atoms with Gasteiger partial charge < -0.3 is 14.6 Å². The average Bonchev–Trinajstić information content (AvgIpc) is 3.34. The Morgan fingerprint density at radius 2 is 1.72 bits per heavy atom. The minimum atomic E-state index is -0.180. The summed E-state index contributed by atoms with van der Waals surface area (Å²) in [5.74, 6) is 2.28. The molecule has 174 valence electrons. The Bertz CT molecular complexity index is 1750. The molecular formula is C29H20N4O3. The van der Waals surface area contributed by atoms with Crippen LogP contribution < -0.4 is 9.47 Å². The summed E-state index contributed by atoms with van der Waals surface area (Å²) < 4.78 is 13.8. The normalized spacial score (nSPS) is 14.3. The number of aromatic hydroxyl groups is 1. The zero-order valence-electron chi connectivity index (χ0n) is 19.1. The fourth-order valence-corrected chi connectivity index (χ4v) is 4.81. The van der Waals surface area contributed by atoms with Crippen LogP contribution in [0.2, 0.25) is 0 Å². The SMILES string of the molecule is Oc1ccc2c(c1)Oc1ncn3nc(COc4ccc5ccccc5c4)nc3c1[C@H]2c1ccccc1. The number of rotatable bonds is 4. The van der Waals surface area contributed by atoms with Crippen molar-refractivity contribution in [2.24, 2.45) is 0 Å². The van der Waals surface area contributed by atoms with Crippen molar-refractivity contribution in [2.75, 3.05) is 0 Å². The van der Waals surface area contributed by atoms with Gasteiger partial charge in [0, 0.05) is 17.5 Å². The Hall–Kier alpha value is -4.91. The van der Waals surface area contributed by atoms with Crippen molar-refractivity contribution in [3.63, 3.8) is 0 Å². The number of hydrogen-bond donors (Lipinski definition) is 1. The summed E-state index contributed by atoms with van der Waals surface area (Å²) >= 11 is 0. The van der Waals surface area contributed by atoms with E-state index in [-0.39, 0.29) is 18.3 Å². The third-order valence-electron chi connectivity index (χ3n) is 6.46. The number of phenols is 1. The van der Waals surface area contributed by atoms with Gasteiger partial charge in [0.1, 0.15) is 30.2 Å². The van der Waals surface area contributed by atoms with E-state index >= 15 is 0 Å². The lowest BCUT2D eigenvalue weighted by Crippen LogP contribution is -2.14. The van der Waals surface area contributed by atoms with E-state index in [1.54, 1.807) is 23.0 Å². The molecule has 2 aromatic heterocycles. The number of benzene rings is 4. The molecule has 4 aromatic carbocycles. The van der Waals surface area contributed by atoms with Crippen molar-refractivity contribution < 1.29 is 14.6 Å². The zero-order valence-corrected chi connectivity index (χ0v) is 19.1. The predicted molar refractivity (Wildman–Crippen MR) is 135 cm³/mol. The van der Waals surface area contributed by atoms with E-state index in [9.17, 15) is 5.11 Å². The highest BCUT2D eigenvalue weighted by molar-refractivity contribution is 5.83. The predicted octanol–water partition coefficient (Wildman–Crippen LogP) is 5.85. The maximum Gasteiger partial charge on any atom is 0.228 e. The lowest BCUT2D eigenvalue weighted by molar-refractivity contribution is 0.296. The maximum atomic E-state index is 10.0. The smallest absolute Gasteiger partial charge is 0.228 e. The van der Waals surface area contributed by atoms with Crippen molar-refractivity contribution in [1.82, 2.24) is 19.6 Å². The van der Waals surface area contributed by atoms with Crippen molar-refractivity contribution in [2.45, 2.75) is 12.5 Å². The first-order valence-corrected chi connectivity index (χ1v) is 11.6. The van der Waals surface area contributed by atoms with E-state index < -0.39 is 0 Å². The molecule has 36 heavy (non-hydrogen) atoms. The van der Waals surface area contributed by atoms with Gasteiger partial charge in [-0.2, -0.15) is 0 Å². The van der Waals surface area contributed by atoms with Crippen LogP contribution in [0.4, 0.5) is 0 Å². The molecule has 1 aliphatic heterocycles. The van der Waals surface area contributed by atoms with Gasteiger partial charge >= 0.3 is 0 Å². The lowest BCUT2D eigenvalue weighted by Gasteiger charge is -2.27. The minimum Gasteiger partial charge on any atom is -0.508 e. The molecular weight excluding hydrogens is 452 g/mol. The second-order valence-corrected chi connectivity index (χ2v) is 8.73. The van der Waals surface area contributed by atoms with Crippen LogP contribution in [-0.4, -0.2) is 24.7 Å². The molecule has 0 bridgehead atoms. The summed E-state index contributed by atoms with van der Waals surface area (Å²) in [5.41, 5.74) is 3.48. The molecule has 0 spiro atoms. The Kier molecular flexibility index (Phi) is 4.60. The molecule has 0 saturated heterocycles. The van der Waals surface area contributed by atoms with Crippen molar-refractivity contribution >= 4 is 16.4 Å². The summed E-state index contributed by atoms with van der Waals surface area (Å²) in [5, 5.41) is 16.9. The van der Waals surface area contributed by atoms with Crippen molar-refractivity contribution in [1.29, 1.82) is 0 Å². The van der Waals surface area contributed by atoms with Crippen LogP contribution in [0.25, 0.3) is 16.4 Å². The summed E-state index contributed by atoms with van der Waals surface area (Å²) in [4.78, 5) is 9.36. The lowest BCUT2D eigenvalue weighted by atomic mass is 9.84. The summed E-state index contributed by atoms with van der Waals surface area (Å²) in [6.07, 6.45) is 1.59. The molecule has 0 radical (unpaired) electrons. The van der Waals surface area contributed by atoms with E-state index in [0.29, 0.717) is 23.1 Å². The van der Waals surface area contributed by atoms with Gasteiger partial charge in [-0.1, -0.05) is 66.7 Å². The van der Waals surface area contributed by atoms with Gasteiger partial charge in [-0.05, 0) is 34.5 Å².